The number of rotatable bonds is 2. The molecule has 1 saturated heterocycles. The van der Waals surface area contributed by atoms with Gasteiger partial charge >= 0.3 is 6.03 Å². The number of hydrogen-bond acceptors (Lipinski definition) is 2. The van der Waals surface area contributed by atoms with Crippen LogP contribution in [0, 0.1) is 5.82 Å². The molecule has 2 fully saturated rings. The van der Waals surface area contributed by atoms with Crippen molar-refractivity contribution in [2.75, 3.05) is 26.3 Å². The van der Waals surface area contributed by atoms with Crippen LogP contribution in [-0.2, 0) is 10.3 Å². The molecule has 1 heterocycles. The van der Waals surface area contributed by atoms with Crippen LogP contribution < -0.4 is 5.32 Å². The summed E-state index contributed by atoms with van der Waals surface area (Å²) in [6.07, 6.45) is 1.59. The van der Waals surface area contributed by atoms with Crippen molar-refractivity contribution in [2.24, 2.45) is 0 Å². The smallest absolute Gasteiger partial charge is 0.318 e. The molecular weight excluding hydrogens is 247 g/mol. The first-order valence-electron chi connectivity index (χ1n) is 6.61. The summed E-state index contributed by atoms with van der Waals surface area (Å²) in [4.78, 5) is 13.9. The number of morpholine rings is 1. The van der Waals surface area contributed by atoms with E-state index in [1.54, 1.807) is 23.1 Å². The number of carbonyl (C=O) groups excluding carboxylic acids is 1. The maximum absolute atomic E-state index is 13.8. The minimum Gasteiger partial charge on any atom is -0.378 e. The quantitative estimate of drug-likeness (QED) is 0.885. The monoisotopic (exact) mass is 264 g/mol. The molecule has 0 spiro atoms. The molecule has 1 aromatic rings. The first kappa shape index (κ1) is 12.4. The number of nitrogens with zero attached hydrogens (tertiary/aromatic N) is 1. The molecule has 2 amide bonds. The molecule has 0 aromatic heterocycles. The van der Waals surface area contributed by atoms with Gasteiger partial charge in [-0.25, -0.2) is 9.18 Å². The van der Waals surface area contributed by atoms with Gasteiger partial charge in [-0.1, -0.05) is 18.2 Å². The van der Waals surface area contributed by atoms with Gasteiger partial charge in [0.25, 0.3) is 0 Å². The van der Waals surface area contributed by atoms with Crippen LogP contribution in [0.4, 0.5) is 9.18 Å². The number of nitrogens with one attached hydrogen (secondary N) is 1. The number of carbonyl (C=O) groups is 1. The average Bonchev–Trinajstić information content (AvgIpc) is 3.21. The maximum Gasteiger partial charge on any atom is 0.318 e. The van der Waals surface area contributed by atoms with Gasteiger partial charge in [0.15, 0.2) is 0 Å². The predicted octanol–water partition coefficient (Wildman–Crippen LogP) is 1.86. The fourth-order valence-electron chi connectivity index (χ4n) is 2.49. The number of benzene rings is 1. The molecule has 1 aliphatic carbocycles. The van der Waals surface area contributed by atoms with Gasteiger partial charge in [0.1, 0.15) is 5.82 Å². The molecule has 102 valence electrons. The van der Waals surface area contributed by atoms with Gasteiger partial charge in [0, 0.05) is 18.7 Å². The highest BCUT2D eigenvalue weighted by Gasteiger charge is 2.47. The largest absolute Gasteiger partial charge is 0.378 e. The Morgan fingerprint density at radius 3 is 2.58 bits per heavy atom. The van der Waals surface area contributed by atoms with Gasteiger partial charge in [-0.15, -0.1) is 0 Å². The van der Waals surface area contributed by atoms with Crippen molar-refractivity contribution in [2.45, 2.75) is 18.4 Å². The Bertz CT molecular complexity index is 482. The third-order valence-corrected chi connectivity index (χ3v) is 3.78. The first-order chi connectivity index (χ1) is 9.21. The minimum absolute atomic E-state index is 0.121. The van der Waals surface area contributed by atoms with Crippen molar-refractivity contribution >= 4 is 6.03 Å². The summed E-state index contributed by atoms with van der Waals surface area (Å²) in [6, 6.07) is 6.54. The van der Waals surface area contributed by atoms with Crippen LogP contribution in [0.15, 0.2) is 24.3 Å². The third kappa shape index (κ3) is 2.42. The first-order valence-corrected chi connectivity index (χ1v) is 6.61. The molecule has 3 rings (SSSR count). The Kier molecular flexibility index (Phi) is 3.14. The van der Waals surface area contributed by atoms with Gasteiger partial charge in [0.05, 0.1) is 18.8 Å². The summed E-state index contributed by atoms with van der Waals surface area (Å²) in [7, 11) is 0. The number of urea groups is 1. The van der Waals surface area contributed by atoms with Crippen LogP contribution in [0.25, 0.3) is 0 Å². The minimum atomic E-state index is -0.499. The molecule has 0 bridgehead atoms. The lowest BCUT2D eigenvalue weighted by Gasteiger charge is -2.29. The second kappa shape index (κ2) is 4.81. The zero-order valence-corrected chi connectivity index (χ0v) is 10.7. The van der Waals surface area contributed by atoms with Gasteiger partial charge in [-0.05, 0) is 18.9 Å². The highest BCUT2D eigenvalue weighted by Crippen LogP contribution is 2.46. The third-order valence-electron chi connectivity index (χ3n) is 3.78. The summed E-state index contributed by atoms with van der Waals surface area (Å²) >= 11 is 0. The van der Waals surface area contributed by atoms with Gasteiger partial charge in [0.2, 0.25) is 0 Å². The van der Waals surface area contributed by atoms with Crippen LogP contribution in [0.5, 0.6) is 0 Å². The van der Waals surface area contributed by atoms with E-state index in [0.29, 0.717) is 31.9 Å². The molecule has 1 aliphatic heterocycles. The van der Waals surface area contributed by atoms with Gasteiger partial charge in [-0.3, -0.25) is 0 Å². The van der Waals surface area contributed by atoms with E-state index >= 15 is 0 Å². The van der Waals surface area contributed by atoms with Crippen molar-refractivity contribution in [3.05, 3.63) is 35.6 Å². The van der Waals surface area contributed by atoms with Crippen LogP contribution in [0.1, 0.15) is 18.4 Å². The SMILES string of the molecule is O=C(NC1(c2ccccc2F)CC1)N1CCOCC1. The lowest BCUT2D eigenvalue weighted by molar-refractivity contribution is 0.0522. The lowest BCUT2D eigenvalue weighted by atomic mass is 10.0. The molecule has 0 radical (unpaired) electrons. The van der Waals surface area contributed by atoms with Crippen LogP contribution in [0.2, 0.25) is 0 Å². The molecule has 5 heteroatoms. The van der Waals surface area contributed by atoms with Crippen LogP contribution in [0.3, 0.4) is 0 Å². The van der Waals surface area contributed by atoms with E-state index in [9.17, 15) is 9.18 Å². The molecule has 1 N–H and O–H groups in total. The van der Waals surface area contributed by atoms with E-state index in [0.717, 1.165) is 12.8 Å². The Morgan fingerprint density at radius 1 is 1.26 bits per heavy atom. The van der Waals surface area contributed by atoms with E-state index in [-0.39, 0.29) is 11.8 Å². The summed E-state index contributed by atoms with van der Waals surface area (Å²) in [6.45, 7) is 2.33. The standard InChI is InChI=1S/C14H17FN2O2/c15-12-4-2-1-3-11(12)14(5-6-14)16-13(18)17-7-9-19-10-8-17/h1-4H,5-10H2,(H,16,18). The van der Waals surface area contributed by atoms with E-state index < -0.39 is 5.54 Å². The molecule has 0 atom stereocenters. The predicted molar refractivity (Wildman–Crippen MR) is 68.2 cm³/mol. The topological polar surface area (TPSA) is 41.6 Å². The fourth-order valence-corrected chi connectivity index (χ4v) is 2.49. The van der Waals surface area contributed by atoms with Crippen molar-refractivity contribution in [1.82, 2.24) is 10.2 Å². The lowest BCUT2D eigenvalue weighted by Crippen LogP contribution is -2.49. The van der Waals surface area contributed by atoms with Gasteiger partial charge < -0.3 is 15.0 Å². The number of halogens is 1. The van der Waals surface area contributed by atoms with Crippen molar-refractivity contribution in [3.63, 3.8) is 0 Å². The molecule has 1 aromatic carbocycles. The number of amides is 2. The Labute approximate surface area is 111 Å². The number of ether oxygens (including phenoxy) is 1. The van der Waals surface area contributed by atoms with E-state index in [2.05, 4.69) is 5.32 Å². The number of hydrogen-bond donors (Lipinski definition) is 1. The molecule has 19 heavy (non-hydrogen) atoms. The fraction of sp³-hybridized carbons (Fsp3) is 0.500. The van der Waals surface area contributed by atoms with Gasteiger partial charge in [-0.2, -0.15) is 0 Å². The molecule has 1 saturated carbocycles. The Morgan fingerprint density at radius 2 is 1.95 bits per heavy atom. The van der Waals surface area contributed by atoms with Crippen LogP contribution in [-0.4, -0.2) is 37.2 Å². The average molecular weight is 264 g/mol. The normalized spacial score (nSPS) is 21.0. The van der Waals surface area contributed by atoms with E-state index in [4.69, 9.17) is 4.74 Å². The molecule has 4 nitrogen and oxygen atoms in total. The summed E-state index contributed by atoms with van der Waals surface area (Å²) in [5.74, 6) is -0.248. The second-order valence-electron chi connectivity index (χ2n) is 5.09. The Balaban J connectivity index is 1.72. The Hall–Kier alpha value is -1.62. The maximum atomic E-state index is 13.8. The van der Waals surface area contributed by atoms with Crippen molar-refractivity contribution in [3.8, 4) is 0 Å². The van der Waals surface area contributed by atoms with Crippen molar-refractivity contribution in [1.29, 1.82) is 0 Å². The second-order valence-corrected chi connectivity index (χ2v) is 5.09. The summed E-state index contributed by atoms with van der Waals surface area (Å²) in [5.41, 5.74) is 0.0948. The molecular formula is C14H17FN2O2. The summed E-state index contributed by atoms with van der Waals surface area (Å²) < 4.78 is 19.1. The van der Waals surface area contributed by atoms with Crippen LogP contribution >= 0.6 is 0 Å². The summed E-state index contributed by atoms with van der Waals surface area (Å²) in [5, 5.41) is 2.99. The molecule has 2 aliphatic rings. The molecule has 0 unspecified atom stereocenters. The zero-order valence-electron chi connectivity index (χ0n) is 10.7. The van der Waals surface area contributed by atoms with Crippen molar-refractivity contribution < 1.29 is 13.9 Å². The zero-order chi connectivity index (χ0) is 13.3. The highest BCUT2D eigenvalue weighted by atomic mass is 19.1. The van der Waals surface area contributed by atoms with E-state index in [1.807, 2.05) is 0 Å². The van der Waals surface area contributed by atoms with E-state index in [1.165, 1.54) is 6.07 Å². The highest BCUT2D eigenvalue weighted by molar-refractivity contribution is 5.76.